The van der Waals surface area contributed by atoms with Crippen molar-refractivity contribution in [2.24, 2.45) is 0 Å². The molecule has 0 aliphatic heterocycles. The molecule has 0 unspecified atom stereocenters. The van der Waals surface area contributed by atoms with Crippen molar-refractivity contribution in [3.63, 3.8) is 0 Å². The molecule has 0 N–H and O–H groups in total. The minimum Gasteiger partial charge on any atom is -0.271 e. The number of hydrogen-bond acceptors (Lipinski definition) is 6. The first kappa shape index (κ1) is 33.1. The van der Waals surface area contributed by atoms with Gasteiger partial charge < -0.3 is 0 Å². The van der Waals surface area contributed by atoms with Gasteiger partial charge in [-0.25, -0.2) is 4.57 Å². The van der Waals surface area contributed by atoms with Crippen molar-refractivity contribution in [1.82, 2.24) is 13.7 Å². The maximum absolute atomic E-state index is 14.8. The van der Waals surface area contributed by atoms with E-state index in [1.165, 1.54) is 13.7 Å². The summed E-state index contributed by atoms with van der Waals surface area (Å²) in [4.78, 5) is 87.3. The third-order valence-corrected chi connectivity index (χ3v) is 12.9. The SMILES string of the molecule is CCC(CC)n1c(=O)c2ccc3c4ccc5c(=O)n(C(CC)CC)c(=O)c6cc7c8c(=O)n(-c9ccc(I)cc9)c(=O)c8c8cc(c1=O)c2c3c8c7c4c56. The smallest absolute Gasteiger partial charge is 0.266 e. The Morgan fingerprint density at radius 1 is 0.407 bits per heavy atom. The van der Waals surface area contributed by atoms with Crippen LogP contribution in [0.5, 0.6) is 0 Å². The molecular formula is C44H32IN3O6. The topological polar surface area (TPSA) is 117 Å². The molecule has 0 atom stereocenters. The van der Waals surface area contributed by atoms with Gasteiger partial charge in [0.15, 0.2) is 0 Å². The summed E-state index contributed by atoms with van der Waals surface area (Å²) in [6.07, 6.45) is 2.33. The monoisotopic (exact) mass is 825 g/mol. The summed E-state index contributed by atoms with van der Waals surface area (Å²) < 4.78 is 4.80. The van der Waals surface area contributed by atoms with Gasteiger partial charge in [0.05, 0.1) is 16.5 Å². The van der Waals surface area contributed by atoms with Crippen LogP contribution in [0, 0.1) is 3.57 Å². The van der Waals surface area contributed by atoms with Crippen LogP contribution in [-0.2, 0) is 0 Å². The van der Waals surface area contributed by atoms with E-state index in [-0.39, 0.29) is 34.0 Å². The molecule has 0 bridgehead atoms. The van der Waals surface area contributed by atoms with Crippen LogP contribution in [0.2, 0.25) is 0 Å². The van der Waals surface area contributed by atoms with Gasteiger partial charge >= 0.3 is 0 Å². The summed E-state index contributed by atoms with van der Waals surface area (Å²) in [5.74, 6) is 0. The van der Waals surface area contributed by atoms with E-state index in [4.69, 9.17) is 0 Å². The highest BCUT2D eigenvalue weighted by molar-refractivity contribution is 14.1. The van der Waals surface area contributed by atoms with Gasteiger partial charge in [-0.3, -0.25) is 37.9 Å². The summed E-state index contributed by atoms with van der Waals surface area (Å²) in [6, 6.07) is 17.1. The first-order valence-corrected chi connectivity index (χ1v) is 19.6. The highest BCUT2D eigenvalue weighted by Crippen LogP contribution is 2.50. The molecule has 0 spiro atoms. The quantitative estimate of drug-likeness (QED) is 0.0915. The van der Waals surface area contributed by atoms with E-state index < -0.39 is 22.2 Å². The second-order valence-electron chi connectivity index (χ2n) is 14.6. The molecule has 0 radical (unpaired) electrons. The van der Waals surface area contributed by atoms with Gasteiger partial charge in [-0.1, -0.05) is 39.8 Å². The van der Waals surface area contributed by atoms with Crippen molar-refractivity contribution in [2.75, 3.05) is 0 Å². The van der Waals surface area contributed by atoms with E-state index in [2.05, 4.69) is 22.6 Å². The van der Waals surface area contributed by atoms with Crippen molar-refractivity contribution in [3.05, 3.63) is 126 Å². The fourth-order valence-corrected chi connectivity index (χ4v) is 10.1. The summed E-state index contributed by atoms with van der Waals surface area (Å²) in [5, 5.41) is 7.56. The lowest BCUT2D eigenvalue weighted by atomic mass is 9.81. The lowest BCUT2D eigenvalue weighted by molar-refractivity contribution is 0.451. The van der Waals surface area contributed by atoms with Gasteiger partial charge in [0, 0.05) is 48.0 Å². The van der Waals surface area contributed by atoms with Gasteiger partial charge in [-0.2, -0.15) is 0 Å². The van der Waals surface area contributed by atoms with Gasteiger partial charge in [0.2, 0.25) is 0 Å². The minimum absolute atomic E-state index is 0.150. The summed E-state index contributed by atoms with van der Waals surface area (Å²) in [7, 11) is 0. The van der Waals surface area contributed by atoms with Crippen LogP contribution >= 0.6 is 22.6 Å². The zero-order valence-corrected chi connectivity index (χ0v) is 32.1. The Hall–Kier alpha value is -5.49. The minimum atomic E-state index is -0.535. The first-order valence-electron chi connectivity index (χ1n) is 18.5. The Kier molecular flexibility index (Phi) is 6.91. The third kappa shape index (κ3) is 3.83. The molecule has 9 nitrogen and oxygen atoms in total. The normalized spacial score (nSPS) is 12.9. The maximum atomic E-state index is 14.8. The van der Waals surface area contributed by atoms with Crippen molar-refractivity contribution >= 4 is 109 Å². The third-order valence-electron chi connectivity index (χ3n) is 12.2. The number of fused-ring (bicyclic) bond motifs is 4. The number of hydrogen-bond donors (Lipinski definition) is 0. The molecule has 10 aromatic rings. The molecular weight excluding hydrogens is 793 g/mol. The van der Waals surface area contributed by atoms with Crippen molar-refractivity contribution in [2.45, 2.75) is 65.5 Å². The number of benzene rings is 7. The summed E-state index contributed by atoms with van der Waals surface area (Å²) in [6.45, 7) is 7.79. The Morgan fingerprint density at radius 3 is 1.15 bits per heavy atom. The van der Waals surface area contributed by atoms with Gasteiger partial charge in [-0.05, 0) is 140 Å². The van der Waals surface area contributed by atoms with E-state index in [9.17, 15) is 28.8 Å². The van der Waals surface area contributed by atoms with Crippen molar-refractivity contribution < 1.29 is 0 Å². The molecule has 3 heterocycles. The number of halogens is 1. The Bertz CT molecular complexity index is 3370. The highest BCUT2D eigenvalue weighted by atomic mass is 127. The lowest BCUT2D eigenvalue weighted by Crippen LogP contribution is -2.36. The average Bonchev–Trinajstić information content (AvgIpc) is 3.45. The van der Waals surface area contributed by atoms with Gasteiger partial charge in [0.1, 0.15) is 0 Å². The molecule has 0 saturated carbocycles. The molecule has 266 valence electrons. The van der Waals surface area contributed by atoms with Crippen LogP contribution in [0.25, 0.3) is 91.9 Å². The summed E-state index contributed by atoms with van der Waals surface area (Å²) in [5.41, 5.74) is -2.28. The second-order valence-corrected chi connectivity index (χ2v) is 15.8. The van der Waals surface area contributed by atoms with Gasteiger partial charge in [-0.15, -0.1) is 0 Å². The average molecular weight is 826 g/mol. The second kappa shape index (κ2) is 11.3. The van der Waals surface area contributed by atoms with E-state index in [1.807, 2.05) is 52.0 Å². The van der Waals surface area contributed by atoms with Gasteiger partial charge in [0.25, 0.3) is 33.4 Å². The number of aromatic nitrogens is 3. The molecule has 0 aliphatic carbocycles. The number of nitrogens with zero attached hydrogens (tertiary/aromatic N) is 3. The first-order chi connectivity index (χ1) is 26.1. The largest absolute Gasteiger partial charge is 0.271 e. The Balaban J connectivity index is 1.57. The zero-order valence-electron chi connectivity index (χ0n) is 29.9. The molecule has 0 saturated heterocycles. The Morgan fingerprint density at radius 2 is 0.759 bits per heavy atom. The fraction of sp³-hybridized carbons (Fsp3) is 0.227. The predicted molar refractivity (Wildman–Crippen MR) is 227 cm³/mol. The molecule has 0 fully saturated rings. The van der Waals surface area contributed by atoms with Crippen LogP contribution in [0.15, 0.2) is 89.4 Å². The zero-order chi connectivity index (χ0) is 37.6. The molecule has 10 heteroatoms. The molecule has 0 amide bonds. The standard InChI is InChI=1S/C44H32IN3O6/c1-5-20(6-2)46-39(49)25-15-13-23-24-14-16-26-32-30(42(52)47(40(26)50)21(7-3)8-4)18-28-36(34(24)32)35-27(17-29(41(46)51)31(25)33(23)35)37-38(28)44(54)48(43(37)53)22-11-9-19(45)10-12-22/h9-18,20-21H,5-8H2,1-4H3. The van der Waals surface area contributed by atoms with E-state index >= 15 is 0 Å². The summed E-state index contributed by atoms with van der Waals surface area (Å²) >= 11 is 2.17. The molecule has 54 heavy (non-hydrogen) atoms. The van der Waals surface area contributed by atoms with Crippen molar-refractivity contribution in [3.8, 4) is 5.69 Å². The number of pyridine rings is 2. The lowest BCUT2D eigenvalue weighted by Gasteiger charge is -2.23. The van der Waals surface area contributed by atoms with Crippen molar-refractivity contribution in [1.29, 1.82) is 0 Å². The number of rotatable bonds is 7. The van der Waals surface area contributed by atoms with Crippen LogP contribution in [0.1, 0.15) is 65.5 Å². The van der Waals surface area contributed by atoms with Crippen LogP contribution < -0.4 is 33.4 Å². The van der Waals surface area contributed by atoms with Crippen LogP contribution in [-0.4, -0.2) is 13.7 Å². The molecule has 0 aliphatic rings. The molecule has 3 aromatic heterocycles. The van der Waals surface area contributed by atoms with Crippen LogP contribution in [0.4, 0.5) is 0 Å². The highest BCUT2D eigenvalue weighted by Gasteiger charge is 2.31. The van der Waals surface area contributed by atoms with Crippen LogP contribution in [0.3, 0.4) is 0 Å². The maximum Gasteiger partial charge on any atom is 0.266 e. The van der Waals surface area contributed by atoms with E-state index in [0.717, 1.165) is 14.3 Å². The van der Waals surface area contributed by atoms with E-state index in [0.29, 0.717) is 96.0 Å². The molecule has 10 rings (SSSR count). The van der Waals surface area contributed by atoms with E-state index in [1.54, 1.807) is 36.4 Å². The molecule has 7 aromatic carbocycles. The Labute approximate surface area is 318 Å². The predicted octanol–water partition coefficient (Wildman–Crippen LogP) is 7.98. The fourth-order valence-electron chi connectivity index (χ4n) is 9.72.